The zero-order valence-electron chi connectivity index (χ0n) is 13.3. The molecule has 2 saturated carbocycles. The molecule has 1 aliphatic heterocycles. The summed E-state index contributed by atoms with van der Waals surface area (Å²) in [5.41, 5.74) is 1.34. The highest BCUT2D eigenvalue weighted by atomic mass is 16.2. The highest BCUT2D eigenvalue weighted by Gasteiger charge is 2.45. The van der Waals surface area contributed by atoms with Gasteiger partial charge in [0.2, 0.25) is 5.91 Å². The standard InChI is InChI=1S/C19H26N2O/c22-19(18-14-17(18)15-6-2-1-3-7-15)21-11-5-10-20(12-13-21)16-8-4-9-16/h1-3,6-7,16-18H,4-5,8-14H2/t17-,18+/m0/s1. The third-order valence-electron chi connectivity index (χ3n) is 5.77. The SMILES string of the molecule is O=C([C@@H]1C[C@H]1c1ccccc1)N1CCCN(C2CCC2)CC1. The Hall–Kier alpha value is -1.35. The molecule has 0 spiro atoms. The molecule has 118 valence electrons. The molecule has 0 unspecified atom stereocenters. The average Bonchev–Trinajstić information content (AvgIpc) is 3.30. The molecule has 4 rings (SSSR count). The molecule has 1 amide bonds. The fourth-order valence-corrected chi connectivity index (χ4v) is 4.05. The number of hydrogen-bond donors (Lipinski definition) is 0. The summed E-state index contributed by atoms with van der Waals surface area (Å²) in [7, 11) is 0. The van der Waals surface area contributed by atoms with E-state index >= 15 is 0 Å². The predicted molar refractivity (Wildman–Crippen MR) is 87.7 cm³/mol. The molecule has 2 aliphatic carbocycles. The number of benzene rings is 1. The van der Waals surface area contributed by atoms with Crippen molar-refractivity contribution in [3.63, 3.8) is 0 Å². The Morgan fingerprint density at radius 1 is 0.955 bits per heavy atom. The molecule has 1 saturated heterocycles. The van der Waals surface area contributed by atoms with Crippen LogP contribution in [0.5, 0.6) is 0 Å². The average molecular weight is 298 g/mol. The van der Waals surface area contributed by atoms with Crippen molar-refractivity contribution in [1.29, 1.82) is 0 Å². The van der Waals surface area contributed by atoms with E-state index in [1.54, 1.807) is 0 Å². The topological polar surface area (TPSA) is 23.6 Å². The molecule has 1 aromatic carbocycles. The number of hydrogen-bond acceptors (Lipinski definition) is 2. The molecule has 3 nitrogen and oxygen atoms in total. The minimum absolute atomic E-state index is 0.248. The maximum Gasteiger partial charge on any atom is 0.226 e. The van der Waals surface area contributed by atoms with E-state index in [-0.39, 0.29) is 5.92 Å². The van der Waals surface area contributed by atoms with Gasteiger partial charge in [-0.2, -0.15) is 0 Å². The summed E-state index contributed by atoms with van der Waals surface area (Å²) in [5.74, 6) is 1.13. The zero-order chi connectivity index (χ0) is 14.9. The van der Waals surface area contributed by atoms with Gasteiger partial charge in [0.05, 0.1) is 0 Å². The van der Waals surface area contributed by atoms with Crippen LogP contribution in [0.1, 0.15) is 43.6 Å². The summed E-state index contributed by atoms with van der Waals surface area (Å²) in [6.07, 6.45) is 6.32. The van der Waals surface area contributed by atoms with Crippen molar-refractivity contribution in [3.8, 4) is 0 Å². The smallest absolute Gasteiger partial charge is 0.226 e. The monoisotopic (exact) mass is 298 g/mol. The number of nitrogens with zero attached hydrogens (tertiary/aromatic N) is 2. The van der Waals surface area contributed by atoms with Crippen molar-refractivity contribution in [3.05, 3.63) is 35.9 Å². The van der Waals surface area contributed by atoms with E-state index in [0.717, 1.165) is 38.5 Å². The highest BCUT2D eigenvalue weighted by Crippen LogP contribution is 2.48. The van der Waals surface area contributed by atoms with Gasteiger partial charge in [0.1, 0.15) is 0 Å². The van der Waals surface area contributed by atoms with Crippen molar-refractivity contribution < 1.29 is 4.79 Å². The van der Waals surface area contributed by atoms with Gasteiger partial charge in [0.25, 0.3) is 0 Å². The molecule has 0 aromatic heterocycles. The molecule has 0 radical (unpaired) electrons. The first-order chi connectivity index (χ1) is 10.8. The van der Waals surface area contributed by atoms with E-state index in [1.165, 1.54) is 31.4 Å². The van der Waals surface area contributed by atoms with Crippen molar-refractivity contribution in [2.75, 3.05) is 26.2 Å². The van der Waals surface area contributed by atoms with Gasteiger partial charge in [0.15, 0.2) is 0 Å². The molecular weight excluding hydrogens is 272 g/mol. The molecule has 0 bridgehead atoms. The Morgan fingerprint density at radius 3 is 2.50 bits per heavy atom. The molecule has 2 atom stereocenters. The number of carbonyl (C=O) groups is 1. The second kappa shape index (κ2) is 6.04. The van der Waals surface area contributed by atoms with Gasteiger partial charge in [-0.15, -0.1) is 0 Å². The van der Waals surface area contributed by atoms with E-state index in [2.05, 4.69) is 34.1 Å². The molecule has 22 heavy (non-hydrogen) atoms. The van der Waals surface area contributed by atoms with Crippen LogP contribution in [-0.2, 0) is 4.79 Å². The molecule has 1 aromatic rings. The molecular formula is C19H26N2O. The van der Waals surface area contributed by atoms with E-state index in [4.69, 9.17) is 0 Å². The molecule has 3 heteroatoms. The fourth-order valence-electron chi connectivity index (χ4n) is 4.05. The van der Waals surface area contributed by atoms with Gasteiger partial charge in [0, 0.05) is 38.1 Å². The summed E-state index contributed by atoms with van der Waals surface area (Å²) < 4.78 is 0. The lowest BCUT2D eigenvalue weighted by Gasteiger charge is -2.36. The van der Waals surface area contributed by atoms with E-state index < -0.39 is 0 Å². The summed E-state index contributed by atoms with van der Waals surface area (Å²) in [6.45, 7) is 4.16. The Morgan fingerprint density at radius 2 is 1.77 bits per heavy atom. The maximum atomic E-state index is 12.8. The Balaban J connectivity index is 1.33. The largest absolute Gasteiger partial charge is 0.341 e. The van der Waals surface area contributed by atoms with Gasteiger partial charge in [-0.1, -0.05) is 36.8 Å². The van der Waals surface area contributed by atoms with Crippen LogP contribution in [0.4, 0.5) is 0 Å². The molecule has 3 aliphatic rings. The highest BCUT2D eigenvalue weighted by molar-refractivity contribution is 5.83. The Kier molecular flexibility index (Phi) is 3.91. The first-order valence-electron chi connectivity index (χ1n) is 8.91. The van der Waals surface area contributed by atoms with E-state index in [1.807, 2.05) is 6.07 Å². The lowest BCUT2D eigenvalue weighted by molar-refractivity contribution is -0.132. The lowest BCUT2D eigenvalue weighted by atomic mass is 9.91. The van der Waals surface area contributed by atoms with Gasteiger partial charge in [-0.05, 0) is 37.2 Å². The summed E-state index contributed by atoms with van der Waals surface area (Å²) in [4.78, 5) is 17.5. The minimum Gasteiger partial charge on any atom is -0.341 e. The molecule has 3 fully saturated rings. The third-order valence-corrected chi connectivity index (χ3v) is 5.77. The van der Waals surface area contributed by atoms with Gasteiger partial charge >= 0.3 is 0 Å². The van der Waals surface area contributed by atoms with Crippen molar-refractivity contribution >= 4 is 5.91 Å². The molecule has 0 N–H and O–H groups in total. The second-order valence-corrected chi connectivity index (χ2v) is 7.16. The quantitative estimate of drug-likeness (QED) is 0.856. The van der Waals surface area contributed by atoms with Crippen molar-refractivity contribution in [2.45, 2.75) is 44.1 Å². The third kappa shape index (κ3) is 2.79. The summed E-state index contributed by atoms with van der Waals surface area (Å²) in [5, 5.41) is 0. The maximum absolute atomic E-state index is 12.8. The summed E-state index contributed by atoms with van der Waals surface area (Å²) in [6, 6.07) is 11.4. The van der Waals surface area contributed by atoms with Crippen LogP contribution in [0.15, 0.2) is 30.3 Å². The minimum atomic E-state index is 0.248. The van der Waals surface area contributed by atoms with Crippen LogP contribution in [0, 0.1) is 5.92 Å². The number of carbonyl (C=O) groups excluding carboxylic acids is 1. The van der Waals surface area contributed by atoms with Crippen LogP contribution >= 0.6 is 0 Å². The second-order valence-electron chi connectivity index (χ2n) is 7.16. The Bertz CT molecular complexity index is 525. The normalized spacial score (nSPS) is 29.7. The van der Waals surface area contributed by atoms with Crippen LogP contribution < -0.4 is 0 Å². The Labute approximate surface area is 133 Å². The van der Waals surface area contributed by atoms with Crippen LogP contribution in [0.25, 0.3) is 0 Å². The fraction of sp³-hybridized carbons (Fsp3) is 0.632. The first kappa shape index (κ1) is 14.3. The van der Waals surface area contributed by atoms with Gasteiger partial charge in [-0.3, -0.25) is 9.69 Å². The first-order valence-corrected chi connectivity index (χ1v) is 8.91. The van der Waals surface area contributed by atoms with Crippen LogP contribution in [0.3, 0.4) is 0 Å². The predicted octanol–water partition coefficient (Wildman–Crippen LogP) is 2.88. The van der Waals surface area contributed by atoms with Crippen molar-refractivity contribution in [2.24, 2.45) is 5.92 Å². The zero-order valence-corrected chi connectivity index (χ0v) is 13.3. The van der Waals surface area contributed by atoms with Crippen LogP contribution in [-0.4, -0.2) is 47.9 Å². The number of amides is 1. The van der Waals surface area contributed by atoms with Gasteiger partial charge < -0.3 is 4.90 Å². The van der Waals surface area contributed by atoms with E-state index in [9.17, 15) is 4.79 Å². The van der Waals surface area contributed by atoms with Crippen molar-refractivity contribution in [1.82, 2.24) is 9.80 Å². The summed E-state index contributed by atoms with van der Waals surface area (Å²) >= 11 is 0. The number of rotatable bonds is 3. The van der Waals surface area contributed by atoms with Gasteiger partial charge in [-0.25, -0.2) is 0 Å². The molecule has 1 heterocycles. The van der Waals surface area contributed by atoms with Crippen LogP contribution in [0.2, 0.25) is 0 Å². The van der Waals surface area contributed by atoms with E-state index in [0.29, 0.717) is 11.8 Å². The lowest BCUT2D eigenvalue weighted by Crippen LogP contribution is -2.43.